The molecule has 3 aromatic rings. The molecule has 0 radical (unpaired) electrons. The Balaban J connectivity index is 1.83. The molecule has 1 N–H and O–H groups in total. The van der Waals surface area contributed by atoms with Crippen LogP contribution in [0.1, 0.15) is 21.3 Å². The van der Waals surface area contributed by atoms with E-state index >= 15 is 0 Å². The number of thiophene rings is 2. The molecule has 0 fully saturated rings. The molecule has 0 aliphatic rings. The van der Waals surface area contributed by atoms with E-state index in [-0.39, 0.29) is 22.4 Å². The van der Waals surface area contributed by atoms with Gasteiger partial charge in [-0.2, -0.15) is 16.4 Å². The van der Waals surface area contributed by atoms with Gasteiger partial charge in [0, 0.05) is 18.9 Å². The number of carbonyl (C=O) groups excluding carboxylic acids is 1. The Labute approximate surface area is 152 Å². The van der Waals surface area contributed by atoms with Gasteiger partial charge in [0.2, 0.25) is 10.0 Å². The van der Waals surface area contributed by atoms with E-state index in [0.29, 0.717) is 0 Å². The largest absolute Gasteiger partial charge is 0.465 e. The summed E-state index contributed by atoms with van der Waals surface area (Å²) in [7, 11) is -2.64. The van der Waals surface area contributed by atoms with Gasteiger partial charge in [0.15, 0.2) is 0 Å². The topological polar surface area (TPSA) is 90.3 Å². The molecule has 0 aromatic carbocycles. The van der Waals surface area contributed by atoms with Crippen molar-refractivity contribution in [3.05, 3.63) is 57.2 Å². The van der Waals surface area contributed by atoms with Crippen LogP contribution < -0.4 is 4.72 Å². The van der Waals surface area contributed by atoms with E-state index in [2.05, 4.69) is 14.6 Å². The third-order valence-electron chi connectivity index (χ3n) is 3.53. The van der Waals surface area contributed by atoms with Crippen molar-refractivity contribution < 1.29 is 17.9 Å². The average Bonchev–Trinajstić information content (AvgIpc) is 3.34. The van der Waals surface area contributed by atoms with E-state index in [0.717, 1.165) is 16.9 Å². The van der Waals surface area contributed by atoms with Crippen LogP contribution in [0.2, 0.25) is 0 Å². The lowest BCUT2D eigenvalue weighted by Crippen LogP contribution is -2.32. The van der Waals surface area contributed by atoms with Crippen LogP contribution in [-0.4, -0.2) is 37.8 Å². The maximum Gasteiger partial charge on any atom is 0.349 e. The van der Waals surface area contributed by atoms with Gasteiger partial charge in [-0.1, -0.05) is 0 Å². The highest BCUT2D eigenvalue weighted by atomic mass is 32.2. The van der Waals surface area contributed by atoms with Crippen molar-refractivity contribution in [1.82, 2.24) is 14.5 Å². The number of methoxy groups -OCH3 is 1. The number of carbonyl (C=O) groups is 1. The van der Waals surface area contributed by atoms with Gasteiger partial charge in [-0.25, -0.2) is 17.9 Å². The minimum Gasteiger partial charge on any atom is -0.465 e. The van der Waals surface area contributed by atoms with Gasteiger partial charge in [0.1, 0.15) is 9.77 Å². The van der Waals surface area contributed by atoms with Crippen molar-refractivity contribution in [2.45, 2.75) is 10.9 Å². The SMILES string of the molecule is COC(=O)c1sccc1S(=O)(=O)NCC(c1ccsc1)n1cccn1. The molecule has 132 valence electrons. The minimum atomic E-state index is -3.86. The Hall–Kier alpha value is -2.01. The Morgan fingerprint density at radius 2 is 2.24 bits per heavy atom. The Morgan fingerprint density at radius 1 is 1.40 bits per heavy atom. The van der Waals surface area contributed by atoms with Gasteiger partial charge in [-0.15, -0.1) is 11.3 Å². The number of ether oxygens (including phenoxy) is 1. The van der Waals surface area contributed by atoms with E-state index in [4.69, 9.17) is 0 Å². The fraction of sp³-hybridized carbons (Fsp3) is 0.200. The van der Waals surface area contributed by atoms with Crippen molar-refractivity contribution in [2.24, 2.45) is 0 Å². The first-order valence-corrected chi connectivity index (χ1v) is 10.5. The highest BCUT2D eigenvalue weighted by Gasteiger charge is 2.26. The van der Waals surface area contributed by atoms with E-state index in [1.807, 2.05) is 16.8 Å². The number of hydrogen-bond acceptors (Lipinski definition) is 7. The number of aromatic nitrogens is 2. The maximum absolute atomic E-state index is 12.6. The Kier molecular flexibility index (Phi) is 5.33. The summed E-state index contributed by atoms with van der Waals surface area (Å²) in [5, 5.41) is 9.63. The van der Waals surface area contributed by atoms with Crippen LogP contribution in [0.5, 0.6) is 0 Å². The Morgan fingerprint density at radius 3 is 2.88 bits per heavy atom. The molecular formula is C15H15N3O4S3. The van der Waals surface area contributed by atoms with Crippen LogP contribution >= 0.6 is 22.7 Å². The molecule has 0 saturated carbocycles. The molecule has 0 aliphatic heterocycles. The van der Waals surface area contributed by atoms with Crippen molar-refractivity contribution in [2.75, 3.05) is 13.7 Å². The molecule has 3 rings (SSSR count). The maximum atomic E-state index is 12.6. The quantitative estimate of drug-likeness (QED) is 0.618. The first-order valence-electron chi connectivity index (χ1n) is 7.19. The summed E-state index contributed by atoms with van der Waals surface area (Å²) >= 11 is 2.56. The smallest absolute Gasteiger partial charge is 0.349 e. The number of nitrogens with one attached hydrogen (secondary N) is 1. The molecule has 1 unspecified atom stereocenters. The second-order valence-corrected chi connectivity index (χ2v) is 8.45. The lowest BCUT2D eigenvalue weighted by atomic mass is 10.1. The molecule has 7 nitrogen and oxygen atoms in total. The van der Waals surface area contributed by atoms with Crippen molar-refractivity contribution in [3.63, 3.8) is 0 Å². The summed E-state index contributed by atoms with van der Waals surface area (Å²) in [4.78, 5) is 11.7. The van der Waals surface area contributed by atoms with Crippen LogP contribution in [0, 0.1) is 0 Å². The summed E-state index contributed by atoms with van der Waals surface area (Å²) in [6, 6.07) is 4.82. The molecule has 0 aliphatic carbocycles. The highest BCUT2D eigenvalue weighted by molar-refractivity contribution is 7.89. The fourth-order valence-corrected chi connectivity index (χ4v) is 5.39. The van der Waals surface area contributed by atoms with E-state index < -0.39 is 16.0 Å². The van der Waals surface area contributed by atoms with Gasteiger partial charge in [0.05, 0.1) is 13.2 Å². The highest BCUT2D eigenvalue weighted by Crippen LogP contribution is 2.24. The number of hydrogen-bond donors (Lipinski definition) is 1. The van der Waals surface area contributed by atoms with Gasteiger partial charge < -0.3 is 4.74 Å². The lowest BCUT2D eigenvalue weighted by molar-refractivity contribution is 0.0602. The van der Waals surface area contributed by atoms with Crippen molar-refractivity contribution in [1.29, 1.82) is 0 Å². The molecule has 3 aromatic heterocycles. The molecule has 10 heteroatoms. The second-order valence-electron chi connectivity index (χ2n) is 5.02. The van der Waals surface area contributed by atoms with E-state index in [1.165, 1.54) is 24.5 Å². The standard InChI is InChI=1S/C15H15N3O4S3/c1-22-15(19)14-13(4-8-24-14)25(20,21)17-9-12(11-3-7-23-10-11)18-6-2-5-16-18/h2-8,10,12,17H,9H2,1H3. The molecule has 1 atom stereocenters. The predicted molar refractivity (Wildman–Crippen MR) is 95.5 cm³/mol. The van der Waals surface area contributed by atoms with Gasteiger partial charge in [-0.05, 0) is 39.9 Å². The summed E-state index contributed by atoms with van der Waals surface area (Å²) in [5.74, 6) is -0.670. The summed E-state index contributed by atoms with van der Waals surface area (Å²) in [6.45, 7) is 0.108. The molecule has 3 heterocycles. The first-order chi connectivity index (χ1) is 12.0. The molecule has 0 bridgehead atoms. The van der Waals surface area contributed by atoms with Crippen LogP contribution in [0.3, 0.4) is 0 Å². The zero-order valence-corrected chi connectivity index (χ0v) is 15.6. The van der Waals surface area contributed by atoms with Crippen molar-refractivity contribution in [3.8, 4) is 0 Å². The second kappa shape index (κ2) is 7.48. The third kappa shape index (κ3) is 3.82. The predicted octanol–water partition coefficient (Wildman–Crippen LogP) is 2.36. The monoisotopic (exact) mass is 397 g/mol. The number of esters is 1. The summed E-state index contributed by atoms with van der Waals surface area (Å²) < 4.78 is 34.2. The average molecular weight is 398 g/mol. The van der Waals surface area contributed by atoms with Gasteiger partial charge in [-0.3, -0.25) is 4.68 Å². The lowest BCUT2D eigenvalue weighted by Gasteiger charge is -2.17. The third-order valence-corrected chi connectivity index (χ3v) is 6.72. The number of rotatable bonds is 7. The van der Waals surface area contributed by atoms with E-state index in [9.17, 15) is 13.2 Å². The van der Waals surface area contributed by atoms with E-state index in [1.54, 1.807) is 28.5 Å². The van der Waals surface area contributed by atoms with Crippen LogP contribution in [0.25, 0.3) is 0 Å². The number of nitrogens with zero attached hydrogens (tertiary/aromatic N) is 2. The first kappa shape index (κ1) is 17.8. The molecule has 0 spiro atoms. The van der Waals surface area contributed by atoms with Gasteiger partial charge >= 0.3 is 5.97 Å². The van der Waals surface area contributed by atoms with Crippen LogP contribution in [-0.2, 0) is 14.8 Å². The van der Waals surface area contributed by atoms with Crippen molar-refractivity contribution >= 4 is 38.7 Å². The van der Waals surface area contributed by atoms with Crippen LogP contribution in [0.15, 0.2) is 51.6 Å². The summed E-state index contributed by atoms with van der Waals surface area (Å²) in [5.41, 5.74) is 0.954. The zero-order chi connectivity index (χ0) is 17.9. The van der Waals surface area contributed by atoms with Crippen LogP contribution in [0.4, 0.5) is 0 Å². The molecule has 25 heavy (non-hydrogen) atoms. The molecule has 0 saturated heterocycles. The molecular weight excluding hydrogens is 382 g/mol. The van der Waals surface area contributed by atoms with Gasteiger partial charge in [0.25, 0.3) is 0 Å². The zero-order valence-electron chi connectivity index (χ0n) is 13.2. The minimum absolute atomic E-state index is 0.0566. The Bertz CT molecular complexity index is 897. The summed E-state index contributed by atoms with van der Waals surface area (Å²) in [6.07, 6.45) is 3.42. The fourth-order valence-electron chi connectivity index (χ4n) is 2.31. The molecule has 0 amide bonds. The normalized spacial score (nSPS) is 12.8. The number of sulfonamides is 1.